The maximum atomic E-state index is 12.2. The van der Waals surface area contributed by atoms with Crippen molar-refractivity contribution in [3.63, 3.8) is 0 Å². The van der Waals surface area contributed by atoms with Crippen molar-refractivity contribution in [3.05, 3.63) is 45.1 Å². The molecule has 0 spiro atoms. The van der Waals surface area contributed by atoms with Crippen LogP contribution in [-0.4, -0.2) is 23.2 Å². The van der Waals surface area contributed by atoms with Gasteiger partial charge in [-0.25, -0.2) is 0 Å². The number of hydrogen-bond donors (Lipinski definition) is 0. The van der Waals surface area contributed by atoms with Gasteiger partial charge in [0.05, 0.1) is 5.02 Å². The lowest BCUT2D eigenvalue weighted by atomic mass is 10.2. The Morgan fingerprint density at radius 1 is 1.29 bits per heavy atom. The van der Waals surface area contributed by atoms with Crippen LogP contribution in [-0.2, 0) is 23.0 Å². The highest BCUT2D eigenvalue weighted by Gasteiger charge is 2.17. The molecular weight excluding hydrogens is 328 g/mol. The molecule has 0 unspecified atom stereocenters. The second kappa shape index (κ2) is 6.81. The zero-order chi connectivity index (χ0) is 14.7. The second-order valence-electron chi connectivity index (χ2n) is 4.72. The van der Waals surface area contributed by atoms with E-state index in [1.54, 1.807) is 11.3 Å². The molecule has 112 valence electrons. The second-order valence-corrected chi connectivity index (χ2v) is 7.74. The summed E-state index contributed by atoms with van der Waals surface area (Å²) in [4.78, 5) is 1.27. The Labute approximate surface area is 135 Å². The fourth-order valence-electron chi connectivity index (χ4n) is 2.17. The van der Waals surface area contributed by atoms with Gasteiger partial charge in [0.2, 0.25) is 0 Å². The van der Waals surface area contributed by atoms with E-state index in [2.05, 4.69) is 6.07 Å². The molecule has 0 saturated heterocycles. The third kappa shape index (κ3) is 3.78. The summed E-state index contributed by atoms with van der Waals surface area (Å²) in [5.74, 6) is 2.39. The summed E-state index contributed by atoms with van der Waals surface area (Å²) in [5, 5.41) is 2.57. The Bertz CT molecular complexity index is 641. The third-order valence-corrected chi connectivity index (χ3v) is 5.67. The Balaban J connectivity index is 1.64. The maximum absolute atomic E-state index is 12.2. The van der Waals surface area contributed by atoms with Gasteiger partial charge in [-0.2, -0.15) is 0 Å². The molecule has 0 fully saturated rings. The Kier molecular flexibility index (Phi) is 4.83. The van der Waals surface area contributed by atoms with Crippen molar-refractivity contribution in [1.82, 2.24) is 0 Å². The predicted molar refractivity (Wildman–Crippen MR) is 87.2 cm³/mol. The van der Waals surface area contributed by atoms with Gasteiger partial charge in [-0.1, -0.05) is 17.7 Å². The lowest BCUT2D eigenvalue weighted by Crippen LogP contribution is -2.16. The number of halogens is 1. The van der Waals surface area contributed by atoms with E-state index < -0.39 is 10.8 Å². The third-order valence-electron chi connectivity index (χ3n) is 3.14. The molecule has 2 aromatic rings. The van der Waals surface area contributed by atoms with Crippen molar-refractivity contribution >= 4 is 33.7 Å². The first-order valence-corrected chi connectivity index (χ1v) is 9.42. The molecule has 1 aromatic carbocycles. The van der Waals surface area contributed by atoms with Gasteiger partial charge < -0.3 is 9.47 Å². The molecule has 2 heterocycles. The van der Waals surface area contributed by atoms with E-state index in [9.17, 15) is 4.21 Å². The summed E-state index contributed by atoms with van der Waals surface area (Å²) < 4.78 is 23.2. The van der Waals surface area contributed by atoms with Gasteiger partial charge in [0.25, 0.3) is 0 Å². The average molecular weight is 343 g/mol. The molecule has 0 amide bonds. The van der Waals surface area contributed by atoms with Gasteiger partial charge in [-0.15, -0.1) is 11.3 Å². The molecule has 6 heteroatoms. The van der Waals surface area contributed by atoms with Gasteiger partial charge in [0.15, 0.2) is 11.5 Å². The van der Waals surface area contributed by atoms with Crippen molar-refractivity contribution < 1.29 is 13.7 Å². The van der Waals surface area contributed by atoms with Crippen LogP contribution in [0.5, 0.6) is 11.5 Å². The molecule has 3 nitrogen and oxygen atoms in total. The minimum absolute atomic E-state index is 0.488. The summed E-state index contributed by atoms with van der Waals surface area (Å²) in [7, 11) is -0.913. The zero-order valence-electron chi connectivity index (χ0n) is 11.3. The molecule has 0 aliphatic carbocycles. The minimum atomic E-state index is -0.913. The smallest absolute Gasteiger partial charge is 0.179 e. The molecule has 0 N–H and O–H groups in total. The first kappa shape index (κ1) is 14.9. The normalized spacial score (nSPS) is 14.9. The lowest BCUT2D eigenvalue weighted by Gasteiger charge is -2.20. The first-order valence-electron chi connectivity index (χ1n) is 6.68. The van der Waals surface area contributed by atoms with Crippen LogP contribution in [0.2, 0.25) is 5.02 Å². The van der Waals surface area contributed by atoms with Crippen LogP contribution in [0, 0.1) is 0 Å². The van der Waals surface area contributed by atoms with E-state index in [1.165, 1.54) is 4.88 Å². The van der Waals surface area contributed by atoms with E-state index in [-0.39, 0.29) is 0 Å². The molecule has 1 aliphatic rings. The van der Waals surface area contributed by atoms with E-state index in [0.29, 0.717) is 41.2 Å². The van der Waals surface area contributed by atoms with Crippen molar-refractivity contribution in [1.29, 1.82) is 0 Å². The van der Waals surface area contributed by atoms with Crippen LogP contribution in [0.4, 0.5) is 0 Å². The summed E-state index contributed by atoms with van der Waals surface area (Å²) in [6, 6.07) is 7.79. The van der Waals surface area contributed by atoms with E-state index in [0.717, 1.165) is 12.0 Å². The number of benzene rings is 1. The van der Waals surface area contributed by atoms with Crippen LogP contribution in [0.3, 0.4) is 0 Å². The van der Waals surface area contributed by atoms with Crippen molar-refractivity contribution in [2.75, 3.05) is 19.0 Å². The molecule has 0 saturated carbocycles. The van der Waals surface area contributed by atoms with Crippen molar-refractivity contribution in [2.24, 2.45) is 0 Å². The molecule has 1 aliphatic heterocycles. The summed E-state index contributed by atoms with van der Waals surface area (Å²) >= 11 is 7.89. The molecular formula is C15H15ClO3S2. The molecule has 3 rings (SSSR count). The van der Waals surface area contributed by atoms with Gasteiger partial charge in [0, 0.05) is 27.2 Å². The Morgan fingerprint density at radius 2 is 2.14 bits per heavy atom. The molecule has 1 aromatic heterocycles. The SMILES string of the molecule is O=[S@@](CCc1cccs1)Cc1cc(Cl)c2c(c1)OCCO2. The molecule has 0 bridgehead atoms. The van der Waals surface area contributed by atoms with Crippen LogP contribution in [0.25, 0.3) is 0 Å². The monoisotopic (exact) mass is 342 g/mol. The van der Waals surface area contributed by atoms with E-state index in [1.807, 2.05) is 23.6 Å². The lowest BCUT2D eigenvalue weighted by molar-refractivity contribution is 0.171. The average Bonchev–Trinajstić information content (AvgIpc) is 2.98. The number of rotatable bonds is 5. The standard InChI is InChI=1S/C15H15ClO3S2/c16-13-8-11(9-14-15(13)19-5-4-18-14)10-21(17)7-3-12-2-1-6-20-12/h1-2,6,8-9H,3-5,7,10H2/t21-/m0/s1. The highest BCUT2D eigenvalue weighted by Crippen LogP contribution is 2.38. The summed E-state index contributed by atoms with van der Waals surface area (Å²) in [6.07, 6.45) is 0.850. The van der Waals surface area contributed by atoms with Gasteiger partial charge >= 0.3 is 0 Å². The maximum Gasteiger partial charge on any atom is 0.179 e. The first-order chi connectivity index (χ1) is 10.2. The number of fused-ring (bicyclic) bond motifs is 1. The fraction of sp³-hybridized carbons (Fsp3) is 0.333. The van der Waals surface area contributed by atoms with E-state index in [4.69, 9.17) is 21.1 Å². The fourth-order valence-corrected chi connectivity index (χ4v) is 4.43. The highest BCUT2D eigenvalue weighted by atomic mass is 35.5. The molecule has 0 radical (unpaired) electrons. The highest BCUT2D eigenvalue weighted by molar-refractivity contribution is 7.84. The zero-order valence-corrected chi connectivity index (χ0v) is 13.7. The topological polar surface area (TPSA) is 35.5 Å². The molecule has 21 heavy (non-hydrogen) atoms. The molecule has 1 atom stereocenters. The van der Waals surface area contributed by atoms with Crippen LogP contribution in [0.15, 0.2) is 29.6 Å². The van der Waals surface area contributed by atoms with Crippen LogP contribution in [0.1, 0.15) is 10.4 Å². The number of aryl methyl sites for hydroxylation is 1. The van der Waals surface area contributed by atoms with Crippen LogP contribution < -0.4 is 9.47 Å². The largest absolute Gasteiger partial charge is 0.486 e. The summed E-state index contributed by atoms with van der Waals surface area (Å²) in [6.45, 7) is 1.03. The van der Waals surface area contributed by atoms with Crippen LogP contribution >= 0.6 is 22.9 Å². The minimum Gasteiger partial charge on any atom is -0.486 e. The summed E-state index contributed by atoms with van der Waals surface area (Å²) in [5.41, 5.74) is 0.925. The predicted octanol–water partition coefficient (Wildman–Crippen LogP) is 3.66. The number of hydrogen-bond acceptors (Lipinski definition) is 4. The van der Waals surface area contributed by atoms with Gasteiger partial charge in [-0.3, -0.25) is 4.21 Å². The van der Waals surface area contributed by atoms with Gasteiger partial charge in [0.1, 0.15) is 13.2 Å². The number of thiophene rings is 1. The van der Waals surface area contributed by atoms with Gasteiger partial charge in [-0.05, 0) is 35.6 Å². The Morgan fingerprint density at radius 3 is 2.95 bits per heavy atom. The quantitative estimate of drug-likeness (QED) is 0.831. The van der Waals surface area contributed by atoms with Crippen molar-refractivity contribution in [2.45, 2.75) is 12.2 Å². The van der Waals surface area contributed by atoms with Crippen molar-refractivity contribution in [3.8, 4) is 11.5 Å². The number of ether oxygens (including phenoxy) is 2. The Hall–Kier alpha value is -1.04. The van der Waals surface area contributed by atoms with E-state index >= 15 is 0 Å².